The maximum Gasteiger partial charge on any atom is 0.253 e. The lowest BCUT2D eigenvalue weighted by atomic mass is 9.99. The van der Waals surface area contributed by atoms with Crippen LogP contribution in [0.3, 0.4) is 0 Å². The topological polar surface area (TPSA) is 101 Å². The minimum Gasteiger partial charge on any atom is -0.461 e. The predicted molar refractivity (Wildman–Crippen MR) is 155 cm³/mol. The fourth-order valence-electron chi connectivity index (χ4n) is 5.01. The van der Waals surface area contributed by atoms with Gasteiger partial charge in [-0.05, 0) is 97.6 Å². The molecule has 2 aromatic carbocycles. The average Bonchev–Trinajstić information content (AvgIpc) is 3.34. The molecule has 1 amide bonds. The van der Waals surface area contributed by atoms with Crippen molar-refractivity contribution in [3.05, 3.63) is 89.3 Å². The van der Waals surface area contributed by atoms with E-state index in [0.717, 1.165) is 45.5 Å². The number of benzene rings is 2. The minimum absolute atomic E-state index is 0.0173. The quantitative estimate of drug-likeness (QED) is 0.314. The number of rotatable bonds is 7. The van der Waals surface area contributed by atoms with Crippen LogP contribution in [0.5, 0.6) is 0 Å². The molecule has 1 aliphatic rings. The number of furan rings is 1. The molecular formula is C32H34N4O3. The van der Waals surface area contributed by atoms with Gasteiger partial charge in [0.15, 0.2) is 5.78 Å². The number of ketones is 1. The molecule has 3 N–H and O–H groups in total. The van der Waals surface area contributed by atoms with Gasteiger partial charge >= 0.3 is 0 Å². The molecule has 1 aliphatic heterocycles. The lowest BCUT2D eigenvalue weighted by Gasteiger charge is -2.39. The number of aryl methyl sites for hydroxylation is 2. The molecule has 0 saturated carbocycles. The van der Waals surface area contributed by atoms with E-state index in [-0.39, 0.29) is 17.2 Å². The summed E-state index contributed by atoms with van der Waals surface area (Å²) in [6.45, 7) is 8.46. The van der Waals surface area contributed by atoms with Crippen LogP contribution in [0.15, 0.2) is 71.3 Å². The summed E-state index contributed by atoms with van der Waals surface area (Å²) in [6, 6.07) is 17.6. The Hall–Kier alpha value is -4.23. The normalized spacial score (nSPS) is 15.2. The van der Waals surface area contributed by atoms with Crippen molar-refractivity contribution >= 4 is 34.6 Å². The Labute approximate surface area is 228 Å². The molecule has 0 bridgehead atoms. The molecule has 0 aliphatic carbocycles. The van der Waals surface area contributed by atoms with Crippen LogP contribution >= 0.6 is 0 Å². The smallest absolute Gasteiger partial charge is 0.253 e. The zero-order chi connectivity index (χ0) is 27.6. The summed E-state index contributed by atoms with van der Waals surface area (Å²) in [5, 5.41) is 4.45. The molecule has 5 rings (SSSR count). The van der Waals surface area contributed by atoms with Gasteiger partial charge in [-0.3, -0.25) is 9.59 Å². The van der Waals surface area contributed by atoms with Crippen molar-refractivity contribution in [1.29, 1.82) is 0 Å². The molecule has 3 heterocycles. The van der Waals surface area contributed by atoms with Crippen LogP contribution in [-0.4, -0.2) is 46.7 Å². The molecule has 7 nitrogen and oxygen atoms in total. The number of amides is 1. The Bertz CT molecular complexity index is 1530. The number of nitrogens with zero attached hydrogens (tertiary/aromatic N) is 2. The third-order valence-corrected chi connectivity index (χ3v) is 7.07. The number of nitrogen functional groups attached to an aromatic ring is 1. The van der Waals surface area contributed by atoms with Crippen molar-refractivity contribution in [3.63, 3.8) is 0 Å². The summed E-state index contributed by atoms with van der Waals surface area (Å²) in [4.78, 5) is 31.4. The molecule has 1 fully saturated rings. The van der Waals surface area contributed by atoms with Gasteiger partial charge in [0.05, 0.1) is 0 Å². The first kappa shape index (κ1) is 26.4. The molecule has 0 atom stereocenters. The molecule has 2 aromatic heterocycles. The molecule has 4 aromatic rings. The SMILES string of the molecule is Cc1cc(-c2ccc(C(=O)N3CCNC(C)(C)C3)cc2)cc2cc(CCC(=O)/C=C/c3ccc(N)nc3)oc12. The number of anilines is 1. The second kappa shape index (κ2) is 10.9. The molecular weight excluding hydrogens is 488 g/mol. The highest BCUT2D eigenvalue weighted by atomic mass is 16.3. The third kappa shape index (κ3) is 6.26. The molecule has 39 heavy (non-hydrogen) atoms. The predicted octanol–water partition coefficient (Wildman–Crippen LogP) is 5.42. The molecule has 0 radical (unpaired) electrons. The number of nitrogens with two attached hydrogens (primary N) is 1. The van der Waals surface area contributed by atoms with Crippen LogP contribution in [0.25, 0.3) is 28.2 Å². The van der Waals surface area contributed by atoms with Crippen molar-refractivity contribution in [3.8, 4) is 11.1 Å². The fraction of sp³-hybridized carbons (Fsp3) is 0.281. The number of carbonyl (C=O) groups excluding carboxylic acids is 2. The molecule has 0 spiro atoms. The first-order valence-electron chi connectivity index (χ1n) is 13.3. The van der Waals surface area contributed by atoms with E-state index in [9.17, 15) is 9.59 Å². The van der Waals surface area contributed by atoms with Gasteiger partial charge < -0.3 is 20.4 Å². The lowest BCUT2D eigenvalue weighted by Crippen LogP contribution is -2.58. The average molecular weight is 523 g/mol. The van der Waals surface area contributed by atoms with Crippen molar-refractivity contribution in [2.24, 2.45) is 0 Å². The number of hydrogen-bond donors (Lipinski definition) is 2. The van der Waals surface area contributed by atoms with Gasteiger partial charge in [0.1, 0.15) is 17.2 Å². The third-order valence-electron chi connectivity index (χ3n) is 7.07. The van der Waals surface area contributed by atoms with E-state index < -0.39 is 0 Å². The van der Waals surface area contributed by atoms with Gasteiger partial charge in [-0.15, -0.1) is 0 Å². The Kier molecular flexibility index (Phi) is 7.35. The van der Waals surface area contributed by atoms with Crippen LogP contribution in [0, 0.1) is 6.92 Å². The van der Waals surface area contributed by atoms with E-state index in [1.165, 1.54) is 0 Å². The van der Waals surface area contributed by atoms with Gasteiger partial charge in [-0.2, -0.15) is 0 Å². The second-order valence-corrected chi connectivity index (χ2v) is 10.9. The molecule has 0 unspecified atom stereocenters. The summed E-state index contributed by atoms with van der Waals surface area (Å²) < 4.78 is 6.10. The molecule has 200 valence electrons. The monoisotopic (exact) mass is 522 g/mol. The Balaban J connectivity index is 1.26. The Morgan fingerprint density at radius 1 is 1.10 bits per heavy atom. The number of pyridine rings is 1. The van der Waals surface area contributed by atoms with E-state index in [1.54, 1.807) is 24.4 Å². The van der Waals surface area contributed by atoms with E-state index in [4.69, 9.17) is 10.2 Å². The van der Waals surface area contributed by atoms with Gasteiger partial charge in [0.25, 0.3) is 5.91 Å². The summed E-state index contributed by atoms with van der Waals surface area (Å²) in [5.41, 5.74) is 11.0. The zero-order valence-electron chi connectivity index (χ0n) is 22.7. The number of piperazine rings is 1. The van der Waals surface area contributed by atoms with E-state index in [0.29, 0.717) is 37.3 Å². The van der Waals surface area contributed by atoms with Crippen molar-refractivity contribution in [2.45, 2.75) is 39.2 Å². The van der Waals surface area contributed by atoms with Gasteiger partial charge in [0, 0.05) is 55.2 Å². The fourth-order valence-corrected chi connectivity index (χ4v) is 5.01. The highest BCUT2D eigenvalue weighted by Crippen LogP contribution is 2.30. The summed E-state index contributed by atoms with van der Waals surface area (Å²) in [6.07, 6.45) is 5.82. The van der Waals surface area contributed by atoms with E-state index in [1.807, 2.05) is 48.2 Å². The van der Waals surface area contributed by atoms with Crippen LogP contribution in [0.4, 0.5) is 5.82 Å². The number of allylic oxidation sites excluding steroid dienone is 1. The van der Waals surface area contributed by atoms with Crippen molar-refractivity contribution < 1.29 is 14.0 Å². The van der Waals surface area contributed by atoms with Crippen molar-refractivity contribution in [1.82, 2.24) is 15.2 Å². The number of carbonyl (C=O) groups is 2. The molecule has 1 saturated heterocycles. The van der Waals surface area contributed by atoms with Crippen LogP contribution in [-0.2, 0) is 11.2 Å². The van der Waals surface area contributed by atoms with E-state index >= 15 is 0 Å². The van der Waals surface area contributed by atoms with Gasteiger partial charge in [0.2, 0.25) is 0 Å². The first-order valence-corrected chi connectivity index (χ1v) is 13.3. The lowest BCUT2D eigenvalue weighted by molar-refractivity contribution is -0.114. The highest BCUT2D eigenvalue weighted by Gasteiger charge is 2.29. The maximum absolute atomic E-state index is 13.1. The van der Waals surface area contributed by atoms with Gasteiger partial charge in [-0.1, -0.05) is 12.1 Å². The van der Waals surface area contributed by atoms with E-state index in [2.05, 4.69) is 36.3 Å². The number of aromatic nitrogens is 1. The van der Waals surface area contributed by atoms with Crippen LogP contribution in [0.2, 0.25) is 0 Å². The van der Waals surface area contributed by atoms with Gasteiger partial charge in [-0.25, -0.2) is 4.98 Å². The summed E-state index contributed by atoms with van der Waals surface area (Å²) in [5.74, 6) is 1.31. The standard InChI is InChI=1S/C32H34N4O3/c1-21-16-25(23-6-8-24(9-7-23)31(38)36-15-14-35-32(2,3)20-36)17-26-18-28(39-30(21)26)12-11-27(37)10-4-22-5-13-29(33)34-19-22/h4-10,13,16-19,35H,11-12,14-15,20H2,1-3H3,(H2,33,34)/b10-4+. The number of fused-ring (bicyclic) bond motifs is 1. The highest BCUT2D eigenvalue weighted by molar-refractivity contribution is 5.95. The number of hydrogen-bond acceptors (Lipinski definition) is 6. The largest absolute Gasteiger partial charge is 0.461 e. The van der Waals surface area contributed by atoms with Crippen molar-refractivity contribution in [2.75, 3.05) is 25.4 Å². The van der Waals surface area contributed by atoms with Crippen LogP contribution < -0.4 is 11.1 Å². The summed E-state index contributed by atoms with van der Waals surface area (Å²) in [7, 11) is 0. The van der Waals surface area contributed by atoms with Crippen LogP contribution in [0.1, 0.15) is 47.5 Å². The zero-order valence-corrected chi connectivity index (χ0v) is 22.7. The first-order chi connectivity index (χ1) is 18.7. The Morgan fingerprint density at radius 3 is 2.62 bits per heavy atom. The molecule has 7 heteroatoms. The maximum atomic E-state index is 13.1. The number of nitrogens with one attached hydrogen (secondary N) is 1. The summed E-state index contributed by atoms with van der Waals surface area (Å²) >= 11 is 0. The second-order valence-electron chi connectivity index (χ2n) is 10.9. The minimum atomic E-state index is -0.0798. The Morgan fingerprint density at radius 2 is 1.90 bits per heavy atom.